The van der Waals surface area contributed by atoms with Crippen molar-refractivity contribution in [2.24, 2.45) is 0 Å². The highest BCUT2D eigenvalue weighted by Crippen LogP contribution is 2.16. The minimum absolute atomic E-state index is 0.285. The zero-order chi connectivity index (χ0) is 10.7. The molecule has 0 bridgehead atoms. The van der Waals surface area contributed by atoms with Crippen LogP contribution in [0.4, 0.5) is 0 Å². The van der Waals surface area contributed by atoms with Crippen molar-refractivity contribution >= 4 is 0 Å². The van der Waals surface area contributed by atoms with Gasteiger partial charge in [-0.3, -0.25) is 0 Å². The van der Waals surface area contributed by atoms with Crippen molar-refractivity contribution in [3.8, 4) is 5.75 Å². The van der Waals surface area contributed by atoms with Gasteiger partial charge in [0.05, 0.1) is 12.7 Å². The summed E-state index contributed by atoms with van der Waals surface area (Å²) < 4.78 is 10.8. The number of hydrogen-bond acceptors (Lipinski definition) is 3. The Balaban J connectivity index is 2.00. The lowest BCUT2D eigenvalue weighted by molar-refractivity contribution is -0.0789. The van der Waals surface area contributed by atoms with Gasteiger partial charge in [0.1, 0.15) is 5.75 Å². The number of ether oxygens (including phenoxy) is 2. The SMILES string of the molecule is Cc1cccc(O[C@@H]2C=C[C@@H](O)CO2)c1. The molecule has 1 N–H and O–H groups in total. The fraction of sp³-hybridized carbons (Fsp3) is 0.333. The van der Waals surface area contributed by atoms with Gasteiger partial charge in [-0.15, -0.1) is 0 Å². The first-order chi connectivity index (χ1) is 7.24. The van der Waals surface area contributed by atoms with Gasteiger partial charge in [0.2, 0.25) is 6.29 Å². The molecule has 1 aliphatic rings. The van der Waals surface area contributed by atoms with Crippen molar-refractivity contribution in [2.45, 2.75) is 19.3 Å². The monoisotopic (exact) mass is 206 g/mol. The molecule has 0 aromatic heterocycles. The van der Waals surface area contributed by atoms with Crippen LogP contribution in [-0.2, 0) is 4.74 Å². The molecule has 15 heavy (non-hydrogen) atoms. The number of aliphatic hydroxyl groups is 1. The highest BCUT2D eigenvalue weighted by atomic mass is 16.7. The van der Waals surface area contributed by atoms with Crippen LogP contribution in [-0.4, -0.2) is 24.1 Å². The van der Waals surface area contributed by atoms with Crippen molar-refractivity contribution < 1.29 is 14.6 Å². The Kier molecular flexibility index (Phi) is 3.04. The highest BCUT2D eigenvalue weighted by Gasteiger charge is 2.14. The molecule has 0 saturated heterocycles. The van der Waals surface area contributed by atoms with E-state index in [0.717, 1.165) is 11.3 Å². The Bertz CT molecular complexity index is 360. The molecule has 1 aromatic carbocycles. The summed E-state index contributed by atoms with van der Waals surface area (Å²) in [5, 5.41) is 9.17. The van der Waals surface area contributed by atoms with Crippen molar-refractivity contribution in [3.05, 3.63) is 42.0 Å². The third-order valence-corrected chi connectivity index (χ3v) is 2.16. The van der Waals surface area contributed by atoms with E-state index in [-0.39, 0.29) is 6.61 Å². The van der Waals surface area contributed by atoms with E-state index in [0.29, 0.717) is 0 Å². The molecule has 2 rings (SSSR count). The van der Waals surface area contributed by atoms with Gasteiger partial charge in [0, 0.05) is 0 Å². The molecule has 1 aromatic rings. The number of aryl methyl sites for hydroxylation is 1. The van der Waals surface area contributed by atoms with Crippen molar-refractivity contribution in [1.29, 1.82) is 0 Å². The predicted octanol–water partition coefficient (Wildman–Crippen LogP) is 1.65. The summed E-state index contributed by atoms with van der Waals surface area (Å²) in [6, 6.07) is 7.78. The summed E-state index contributed by atoms with van der Waals surface area (Å²) in [7, 11) is 0. The average Bonchev–Trinajstić information content (AvgIpc) is 2.22. The van der Waals surface area contributed by atoms with Crippen LogP contribution in [0.25, 0.3) is 0 Å². The number of aliphatic hydroxyl groups excluding tert-OH is 1. The standard InChI is InChI=1S/C12H14O3/c1-9-3-2-4-11(7-9)15-12-6-5-10(13)8-14-12/h2-7,10,12-13H,8H2,1H3/t10-,12-/m1/s1. The first-order valence-electron chi connectivity index (χ1n) is 4.95. The quantitative estimate of drug-likeness (QED) is 0.748. The van der Waals surface area contributed by atoms with E-state index in [1.54, 1.807) is 12.2 Å². The summed E-state index contributed by atoms with van der Waals surface area (Å²) in [5.74, 6) is 0.779. The Morgan fingerprint density at radius 1 is 1.40 bits per heavy atom. The topological polar surface area (TPSA) is 38.7 Å². The number of rotatable bonds is 2. The molecule has 3 heteroatoms. The molecule has 1 aliphatic heterocycles. The van der Waals surface area contributed by atoms with E-state index >= 15 is 0 Å². The third-order valence-electron chi connectivity index (χ3n) is 2.16. The van der Waals surface area contributed by atoms with E-state index in [9.17, 15) is 0 Å². The molecule has 1 heterocycles. The minimum atomic E-state index is -0.512. The van der Waals surface area contributed by atoms with Crippen LogP contribution in [0.5, 0.6) is 5.75 Å². The zero-order valence-electron chi connectivity index (χ0n) is 8.59. The lowest BCUT2D eigenvalue weighted by Crippen LogP contribution is -2.28. The summed E-state index contributed by atoms with van der Waals surface area (Å²) in [6.07, 6.45) is 2.50. The van der Waals surface area contributed by atoms with E-state index < -0.39 is 12.4 Å². The summed E-state index contributed by atoms with van der Waals surface area (Å²) >= 11 is 0. The fourth-order valence-electron chi connectivity index (χ4n) is 1.42. The summed E-state index contributed by atoms with van der Waals surface area (Å²) in [4.78, 5) is 0. The first-order valence-corrected chi connectivity index (χ1v) is 4.95. The minimum Gasteiger partial charge on any atom is -0.461 e. The zero-order valence-corrected chi connectivity index (χ0v) is 8.59. The maximum Gasteiger partial charge on any atom is 0.219 e. The molecular formula is C12H14O3. The molecule has 0 radical (unpaired) electrons. The normalized spacial score (nSPS) is 25.2. The van der Waals surface area contributed by atoms with Gasteiger partial charge >= 0.3 is 0 Å². The molecule has 2 atom stereocenters. The molecular weight excluding hydrogens is 192 g/mol. The molecule has 0 amide bonds. The number of hydrogen-bond donors (Lipinski definition) is 1. The molecule has 0 aliphatic carbocycles. The molecule has 3 nitrogen and oxygen atoms in total. The van der Waals surface area contributed by atoms with Crippen LogP contribution in [0, 0.1) is 6.92 Å². The Morgan fingerprint density at radius 2 is 2.27 bits per heavy atom. The van der Waals surface area contributed by atoms with Crippen molar-refractivity contribution in [1.82, 2.24) is 0 Å². The van der Waals surface area contributed by atoms with Crippen LogP contribution >= 0.6 is 0 Å². The molecule has 80 valence electrons. The Hall–Kier alpha value is -1.32. The van der Waals surface area contributed by atoms with Crippen LogP contribution in [0.2, 0.25) is 0 Å². The van der Waals surface area contributed by atoms with E-state index in [4.69, 9.17) is 14.6 Å². The lowest BCUT2D eigenvalue weighted by Gasteiger charge is -2.21. The van der Waals surface area contributed by atoms with E-state index in [2.05, 4.69) is 0 Å². The van der Waals surface area contributed by atoms with Gasteiger partial charge < -0.3 is 14.6 Å². The predicted molar refractivity (Wildman–Crippen MR) is 56.7 cm³/mol. The van der Waals surface area contributed by atoms with Gasteiger partial charge in [0.25, 0.3) is 0 Å². The number of benzene rings is 1. The van der Waals surface area contributed by atoms with Crippen LogP contribution < -0.4 is 4.74 Å². The van der Waals surface area contributed by atoms with Crippen LogP contribution in [0.1, 0.15) is 5.56 Å². The van der Waals surface area contributed by atoms with Crippen molar-refractivity contribution in [2.75, 3.05) is 6.61 Å². The molecule has 0 fully saturated rings. The van der Waals surface area contributed by atoms with E-state index in [1.807, 2.05) is 31.2 Å². The smallest absolute Gasteiger partial charge is 0.219 e. The van der Waals surface area contributed by atoms with Gasteiger partial charge in [-0.25, -0.2) is 0 Å². The van der Waals surface area contributed by atoms with Crippen LogP contribution in [0.15, 0.2) is 36.4 Å². The lowest BCUT2D eigenvalue weighted by atomic mass is 10.2. The van der Waals surface area contributed by atoms with Gasteiger partial charge in [-0.05, 0) is 30.7 Å². The molecule has 0 unspecified atom stereocenters. The van der Waals surface area contributed by atoms with E-state index in [1.165, 1.54) is 0 Å². The van der Waals surface area contributed by atoms with Gasteiger partial charge in [-0.1, -0.05) is 18.2 Å². The molecule has 0 spiro atoms. The highest BCUT2D eigenvalue weighted by molar-refractivity contribution is 5.27. The second kappa shape index (κ2) is 4.47. The van der Waals surface area contributed by atoms with Gasteiger partial charge in [-0.2, -0.15) is 0 Å². The largest absolute Gasteiger partial charge is 0.461 e. The van der Waals surface area contributed by atoms with Crippen LogP contribution in [0.3, 0.4) is 0 Å². The summed E-state index contributed by atoms with van der Waals surface area (Å²) in [6.45, 7) is 2.29. The first kappa shape index (κ1) is 10.2. The Labute approximate surface area is 88.9 Å². The summed E-state index contributed by atoms with van der Waals surface area (Å²) in [5.41, 5.74) is 1.15. The second-order valence-corrected chi connectivity index (χ2v) is 3.59. The average molecular weight is 206 g/mol. The second-order valence-electron chi connectivity index (χ2n) is 3.59. The maximum atomic E-state index is 9.17. The van der Waals surface area contributed by atoms with Gasteiger partial charge in [0.15, 0.2) is 0 Å². The fourth-order valence-corrected chi connectivity index (χ4v) is 1.42. The maximum absolute atomic E-state index is 9.17. The van der Waals surface area contributed by atoms with Crippen molar-refractivity contribution in [3.63, 3.8) is 0 Å². The third kappa shape index (κ3) is 2.81. The Morgan fingerprint density at radius 3 is 2.93 bits per heavy atom. The molecule has 0 saturated carbocycles.